The largest absolute Gasteiger partial charge is 0.329 e. The lowest BCUT2D eigenvalue weighted by Crippen LogP contribution is -2.37. The molecule has 0 spiro atoms. The predicted molar refractivity (Wildman–Crippen MR) is 71.8 cm³/mol. The van der Waals surface area contributed by atoms with E-state index in [9.17, 15) is 0 Å². The molecule has 0 saturated carbocycles. The van der Waals surface area contributed by atoms with Gasteiger partial charge in [-0.1, -0.05) is 30.3 Å². The van der Waals surface area contributed by atoms with Crippen LogP contribution in [0.5, 0.6) is 0 Å². The molecule has 0 aliphatic carbocycles. The molecule has 1 aromatic rings. The van der Waals surface area contributed by atoms with E-state index in [2.05, 4.69) is 47.2 Å². The molecule has 1 saturated heterocycles. The number of nitrogens with zero attached hydrogens (tertiary/aromatic N) is 2. The van der Waals surface area contributed by atoms with Crippen LogP contribution in [0.25, 0.3) is 0 Å². The minimum Gasteiger partial charge on any atom is -0.329 e. The SMILES string of the molecule is CN(CCN)[C@H]1CCN(Cc2ccccc2)C1. The second-order valence-electron chi connectivity index (χ2n) is 4.93. The van der Waals surface area contributed by atoms with E-state index in [1.54, 1.807) is 0 Å². The van der Waals surface area contributed by atoms with Gasteiger partial charge in [-0.25, -0.2) is 0 Å². The van der Waals surface area contributed by atoms with Crippen molar-refractivity contribution in [3.63, 3.8) is 0 Å². The Kier molecular flexibility index (Phi) is 4.54. The molecule has 2 N–H and O–H groups in total. The Balaban J connectivity index is 1.82. The highest BCUT2D eigenvalue weighted by molar-refractivity contribution is 5.14. The summed E-state index contributed by atoms with van der Waals surface area (Å²) >= 11 is 0. The van der Waals surface area contributed by atoms with Gasteiger partial charge >= 0.3 is 0 Å². The number of likely N-dealkylation sites (tertiary alicyclic amines) is 1. The van der Waals surface area contributed by atoms with Gasteiger partial charge in [0.05, 0.1) is 0 Å². The fraction of sp³-hybridized carbons (Fsp3) is 0.571. The van der Waals surface area contributed by atoms with Crippen LogP contribution in [0.2, 0.25) is 0 Å². The fourth-order valence-electron chi connectivity index (χ4n) is 2.54. The molecule has 1 atom stereocenters. The molecular formula is C14H23N3. The van der Waals surface area contributed by atoms with E-state index in [0.29, 0.717) is 6.04 Å². The summed E-state index contributed by atoms with van der Waals surface area (Å²) in [6, 6.07) is 11.4. The maximum Gasteiger partial charge on any atom is 0.0234 e. The van der Waals surface area contributed by atoms with Gasteiger partial charge < -0.3 is 10.6 Å². The summed E-state index contributed by atoms with van der Waals surface area (Å²) in [4.78, 5) is 4.93. The topological polar surface area (TPSA) is 32.5 Å². The first kappa shape index (κ1) is 12.6. The average Bonchev–Trinajstić information content (AvgIpc) is 2.79. The lowest BCUT2D eigenvalue weighted by atomic mass is 10.2. The molecule has 1 fully saturated rings. The van der Waals surface area contributed by atoms with Crippen molar-refractivity contribution < 1.29 is 0 Å². The Morgan fingerprint density at radius 2 is 2.12 bits per heavy atom. The second-order valence-corrected chi connectivity index (χ2v) is 4.93. The Bertz CT molecular complexity index is 325. The van der Waals surface area contributed by atoms with E-state index in [1.807, 2.05) is 0 Å². The number of rotatable bonds is 5. The molecule has 0 bridgehead atoms. The van der Waals surface area contributed by atoms with Crippen molar-refractivity contribution in [1.82, 2.24) is 9.80 Å². The van der Waals surface area contributed by atoms with Gasteiger partial charge in [0.15, 0.2) is 0 Å². The van der Waals surface area contributed by atoms with Crippen molar-refractivity contribution in [3.05, 3.63) is 35.9 Å². The molecule has 0 radical (unpaired) electrons. The summed E-state index contributed by atoms with van der Waals surface area (Å²) in [5.41, 5.74) is 7.01. The standard InChI is InChI=1S/C14H23N3/c1-16(10-8-15)14-7-9-17(12-14)11-13-5-3-2-4-6-13/h2-6,14H,7-12,15H2,1H3/t14-/m0/s1. The average molecular weight is 233 g/mol. The Morgan fingerprint density at radius 3 is 2.82 bits per heavy atom. The molecule has 94 valence electrons. The maximum atomic E-state index is 5.60. The molecule has 0 aromatic heterocycles. The summed E-state index contributed by atoms with van der Waals surface area (Å²) in [7, 11) is 2.18. The van der Waals surface area contributed by atoms with E-state index in [4.69, 9.17) is 5.73 Å². The van der Waals surface area contributed by atoms with E-state index in [-0.39, 0.29) is 0 Å². The third kappa shape index (κ3) is 3.53. The van der Waals surface area contributed by atoms with Crippen LogP contribution in [-0.2, 0) is 6.54 Å². The maximum absolute atomic E-state index is 5.60. The van der Waals surface area contributed by atoms with Crippen LogP contribution >= 0.6 is 0 Å². The van der Waals surface area contributed by atoms with Crippen molar-refractivity contribution >= 4 is 0 Å². The smallest absolute Gasteiger partial charge is 0.0234 e. The van der Waals surface area contributed by atoms with Crippen LogP contribution in [-0.4, -0.2) is 49.1 Å². The molecule has 1 aliphatic heterocycles. The highest BCUT2D eigenvalue weighted by Gasteiger charge is 2.24. The van der Waals surface area contributed by atoms with Gasteiger partial charge in [-0.15, -0.1) is 0 Å². The van der Waals surface area contributed by atoms with Crippen molar-refractivity contribution in [2.75, 3.05) is 33.2 Å². The second kappa shape index (κ2) is 6.15. The molecular weight excluding hydrogens is 210 g/mol. The molecule has 17 heavy (non-hydrogen) atoms. The number of hydrogen-bond donors (Lipinski definition) is 1. The van der Waals surface area contributed by atoms with E-state index in [0.717, 1.165) is 19.6 Å². The molecule has 1 aliphatic rings. The highest BCUT2D eigenvalue weighted by Crippen LogP contribution is 2.16. The van der Waals surface area contributed by atoms with Crippen LogP contribution in [0.1, 0.15) is 12.0 Å². The van der Waals surface area contributed by atoms with Gasteiger partial charge in [-0.2, -0.15) is 0 Å². The van der Waals surface area contributed by atoms with E-state index >= 15 is 0 Å². The normalized spacial score (nSPS) is 21.2. The summed E-state index contributed by atoms with van der Waals surface area (Å²) in [6.07, 6.45) is 1.27. The molecule has 2 rings (SSSR count). The minimum atomic E-state index is 0.683. The Labute approximate surface area is 104 Å². The van der Waals surface area contributed by atoms with Crippen LogP contribution in [0.3, 0.4) is 0 Å². The number of hydrogen-bond acceptors (Lipinski definition) is 3. The van der Waals surface area contributed by atoms with Crippen LogP contribution < -0.4 is 5.73 Å². The lowest BCUT2D eigenvalue weighted by molar-refractivity contribution is 0.234. The zero-order chi connectivity index (χ0) is 12.1. The third-order valence-corrected chi connectivity index (χ3v) is 3.60. The first-order valence-corrected chi connectivity index (χ1v) is 6.46. The number of likely N-dealkylation sites (N-methyl/N-ethyl adjacent to an activating group) is 1. The lowest BCUT2D eigenvalue weighted by Gasteiger charge is -2.24. The molecule has 0 amide bonds. The van der Waals surface area contributed by atoms with Crippen molar-refractivity contribution in [1.29, 1.82) is 0 Å². The minimum absolute atomic E-state index is 0.683. The summed E-state index contributed by atoms with van der Waals surface area (Å²) in [5.74, 6) is 0. The molecule has 3 heteroatoms. The van der Waals surface area contributed by atoms with Crippen molar-refractivity contribution in [2.24, 2.45) is 5.73 Å². The summed E-state index contributed by atoms with van der Waals surface area (Å²) in [6.45, 7) is 5.21. The van der Waals surface area contributed by atoms with Crippen molar-refractivity contribution in [3.8, 4) is 0 Å². The van der Waals surface area contributed by atoms with Crippen LogP contribution in [0.4, 0.5) is 0 Å². The van der Waals surface area contributed by atoms with E-state index < -0.39 is 0 Å². The van der Waals surface area contributed by atoms with E-state index in [1.165, 1.54) is 25.1 Å². The predicted octanol–water partition coefficient (Wildman–Crippen LogP) is 1.15. The zero-order valence-corrected chi connectivity index (χ0v) is 10.7. The van der Waals surface area contributed by atoms with Crippen LogP contribution in [0, 0.1) is 0 Å². The van der Waals surface area contributed by atoms with Gasteiger partial charge in [0.2, 0.25) is 0 Å². The van der Waals surface area contributed by atoms with Gasteiger partial charge in [-0.05, 0) is 19.0 Å². The molecule has 1 aromatic carbocycles. The van der Waals surface area contributed by atoms with Crippen molar-refractivity contribution in [2.45, 2.75) is 19.0 Å². The summed E-state index contributed by atoms with van der Waals surface area (Å²) < 4.78 is 0. The molecule has 0 unspecified atom stereocenters. The number of nitrogens with two attached hydrogens (primary N) is 1. The first-order chi connectivity index (χ1) is 8.29. The van der Waals surface area contributed by atoms with Crippen LogP contribution in [0.15, 0.2) is 30.3 Å². The quantitative estimate of drug-likeness (QED) is 0.828. The summed E-state index contributed by atoms with van der Waals surface area (Å²) in [5, 5.41) is 0. The Hall–Kier alpha value is -0.900. The highest BCUT2D eigenvalue weighted by atomic mass is 15.2. The zero-order valence-electron chi connectivity index (χ0n) is 10.7. The van der Waals surface area contributed by atoms with Gasteiger partial charge in [-0.3, -0.25) is 4.90 Å². The first-order valence-electron chi connectivity index (χ1n) is 6.46. The van der Waals surface area contributed by atoms with Gasteiger partial charge in [0.1, 0.15) is 0 Å². The monoisotopic (exact) mass is 233 g/mol. The fourth-order valence-corrected chi connectivity index (χ4v) is 2.54. The van der Waals surface area contributed by atoms with Gasteiger partial charge in [0, 0.05) is 38.8 Å². The molecule has 1 heterocycles. The third-order valence-electron chi connectivity index (χ3n) is 3.60. The molecule has 3 nitrogen and oxygen atoms in total. The Morgan fingerprint density at radius 1 is 1.35 bits per heavy atom. The van der Waals surface area contributed by atoms with Gasteiger partial charge in [0.25, 0.3) is 0 Å². The number of benzene rings is 1.